The maximum Gasteiger partial charge on any atom is 0.405 e. The summed E-state index contributed by atoms with van der Waals surface area (Å²) in [6.07, 6.45) is 7.09. The van der Waals surface area contributed by atoms with Crippen molar-refractivity contribution < 1.29 is 19.4 Å². The smallest absolute Gasteiger partial charge is 0.405 e. The van der Waals surface area contributed by atoms with Gasteiger partial charge in [-0.15, -0.1) is 0 Å². The molecule has 0 aromatic carbocycles. The number of aliphatic imine (C=N–C) groups is 1. The van der Waals surface area contributed by atoms with Gasteiger partial charge in [0.15, 0.2) is 0 Å². The SMILES string of the molecule is COCC(NC(=O)O)C(=O)NCC1=C2C=CN=C2CC=C1. The Labute approximate surface area is 122 Å². The molecule has 7 nitrogen and oxygen atoms in total. The van der Waals surface area contributed by atoms with Crippen LogP contribution in [0.2, 0.25) is 0 Å². The first-order valence-electron chi connectivity index (χ1n) is 6.51. The number of rotatable bonds is 6. The zero-order valence-corrected chi connectivity index (χ0v) is 11.6. The molecule has 0 radical (unpaired) electrons. The van der Waals surface area contributed by atoms with Gasteiger partial charge >= 0.3 is 6.09 Å². The van der Waals surface area contributed by atoms with Crippen molar-refractivity contribution in [1.29, 1.82) is 0 Å². The fourth-order valence-corrected chi connectivity index (χ4v) is 2.18. The van der Waals surface area contributed by atoms with Crippen LogP contribution >= 0.6 is 0 Å². The highest BCUT2D eigenvalue weighted by Gasteiger charge is 2.21. The largest absolute Gasteiger partial charge is 0.465 e. The summed E-state index contributed by atoms with van der Waals surface area (Å²) >= 11 is 0. The fraction of sp³-hybridized carbons (Fsp3) is 0.357. The first-order chi connectivity index (χ1) is 10.1. The van der Waals surface area contributed by atoms with E-state index in [4.69, 9.17) is 9.84 Å². The second-order valence-corrected chi connectivity index (χ2v) is 4.61. The molecule has 0 spiro atoms. The van der Waals surface area contributed by atoms with Crippen LogP contribution in [0, 0.1) is 0 Å². The first kappa shape index (κ1) is 15.0. The molecule has 0 saturated heterocycles. The normalized spacial score (nSPS) is 17.3. The van der Waals surface area contributed by atoms with E-state index in [-0.39, 0.29) is 6.61 Å². The first-order valence-corrected chi connectivity index (χ1v) is 6.51. The van der Waals surface area contributed by atoms with Crippen LogP contribution in [0.25, 0.3) is 0 Å². The molecule has 0 fully saturated rings. The van der Waals surface area contributed by atoms with Gasteiger partial charge in [0.05, 0.1) is 12.3 Å². The maximum absolute atomic E-state index is 12.0. The van der Waals surface area contributed by atoms with Gasteiger partial charge in [-0.2, -0.15) is 0 Å². The molecule has 7 heteroatoms. The second kappa shape index (κ2) is 6.85. The Balaban J connectivity index is 1.97. The van der Waals surface area contributed by atoms with Gasteiger partial charge in [0, 0.05) is 31.8 Å². The lowest BCUT2D eigenvalue weighted by atomic mass is 9.96. The van der Waals surface area contributed by atoms with E-state index in [1.165, 1.54) is 7.11 Å². The Morgan fingerprint density at radius 3 is 3.00 bits per heavy atom. The zero-order chi connectivity index (χ0) is 15.2. The third-order valence-electron chi connectivity index (χ3n) is 3.16. The zero-order valence-electron chi connectivity index (χ0n) is 11.6. The van der Waals surface area contributed by atoms with Gasteiger partial charge < -0.3 is 20.5 Å². The van der Waals surface area contributed by atoms with Crippen molar-refractivity contribution in [2.24, 2.45) is 4.99 Å². The van der Waals surface area contributed by atoms with Crippen LogP contribution in [0.1, 0.15) is 6.42 Å². The summed E-state index contributed by atoms with van der Waals surface area (Å²) in [4.78, 5) is 26.9. The number of carbonyl (C=O) groups is 2. The number of nitrogens with one attached hydrogen (secondary N) is 2. The molecule has 21 heavy (non-hydrogen) atoms. The van der Waals surface area contributed by atoms with Crippen LogP contribution in [0.4, 0.5) is 4.79 Å². The van der Waals surface area contributed by atoms with E-state index in [0.717, 1.165) is 23.3 Å². The third kappa shape index (κ3) is 3.79. The van der Waals surface area contributed by atoms with Crippen LogP contribution < -0.4 is 10.6 Å². The molecule has 2 amide bonds. The van der Waals surface area contributed by atoms with Gasteiger partial charge in [-0.25, -0.2) is 4.79 Å². The molecule has 3 N–H and O–H groups in total. The molecule has 2 rings (SSSR count). The van der Waals surface area contributed by atoms with Crippen molar-refractivity contribution in [3.63, 3.8) is 0 Å². The minimum atomic E-state index is -1.26. The Morgan fingerprint density at radius 1 is 1.48 bits per heavy atom. The van der Waals surface area contributed by atoms with Crippen LogP contribution in [-0.4, -0.2) is 49.1 Å². The lowest BCUT2D eigenvalue weighted by Crippen LogP contribution is -2.49. The van der Waals surface area contributed by atoms with Gasteiger partial charge in [-0.3, -0.25) is 9.79 Å². The van der Waals surface area contributed by atoms with Gasteiger partial charge in [0.2, 0.25) is 5.91 Å². The van der Waals surface area contributed by atoms with E-state index in [9.17, 15) is 9.59 Å². The van der Waals surface area contributed by atoms with Gasteiger partial charge in [-0.05, 0) is 11.6 Å². The maximum atomic E-state index is 12.0. The lowest BCUT2D eigenvalue weighted by Gasteiger charge is -2.18. The molecule has 0 bridgehead atoms. The number of hydrogen-bond donors (Lipinski definition) is 3. The average Bonchev–Trinajstić information content (AvgIpc) is 2.92. The molecule has 1 heterocycles. The van der Waals surface area contributed by atoms with Crippen molar-refractivity contribution in [3.8, 4) is 0 Å². The fourth-order valence-electron chi connectivity index (χ4n) is 2.18. The highest BCUT2D eigenvalue weighted by molar-refractivity contribution is 6.07. The summed E-state index contributed by atoms with van der Waals surface area (Å²) in [6.45, 7) is 0.294. The summed E-state index contributed by atoms with van der Waals surface area (Å²) in [5.41, 5.74) is 2.96. The van der Waals surface area contributed by atoms with Crippen molar-refractivity contribution >= 4 is 17.7 Å². The molecule has 1 aliphatic heterocycles. The quantitative estimate of drug-likeness (QED) is 0.667. The summed E-state index contributed by atoms with van der Waals surface area (Å²) in [7, 11) is 1.41. The molecule has 0 saturated carbocycles. The summed E-state index contributed by atoms with van der Waals surface area (Å²) in [5, 5.41) is 13.5. The van der Waals surface area contributed by atoms with E-state index in [0.29, 0.717) is 6.54 Å². The van der Waals surface area contributed by atoms with Gasteiger partial charge in [0.1, 0.15) is 6.04 Å². The third-order valence-corrected chi connectivity index (χ3v) is 3.16. The van der Waals surface area contributed by atoms with E-state index < -0.39 is 18.0 Å². The second-order valence-electron chi connectivity index (χ2n) is 4.61. The number of nitrogens with zero attached hydrogens (tertiary/aromatic N) is 1. The number of hydrogen-bond acceptors (Lipinski definition) is 4. The molecule has 0 aromatic rings. The average molecular weight is 291 g/mol. The lowest BCUT2D eigenvalue weighted by molar-refractivity contribution is -0.124. The predicted molar refractivity (Wildman–Crippen MR) is 77.2 cm³/mol. The van der Waals surface area contributed by atoms with Crippen molar-refractivity contribution in [2.45, 2.75) is 12.5 Å². The molecule has 1 atom stereocenters. The van der Waals surface area contributed by atoms with Crippen LogP contribution in [0.3, 0.4) is 0 Å². The number of fused-ring (bicyclic) bond motifs is 1. The minimum absolute atomic E-state index is 0.0213. The number of methoxy groups -OCH3 is 1. The van der Waals surface area contributed by atoms with E-state index in [1.807, 2.05) is 18.2 Å². The standard InChI is InChI=1S/C14H17N3O4/c1-21-8-12(17-14(19)20)13(18)16-7-9-3-2-4-11-10(9)5-6-15-11/h2-3,5-6,12,17H,4,7-8H2,1H3,(H,16,18)(H,19,20). The molecular formula is C14H17N3O4. The summed E-state index contributed by atoms with van der Waals surface area (Å²) in [6, 6.07) is -0.932. The van der Waals surface area contributed by atoms with E-state index in [2.05, 4.69) is 15.6 Å². The molecule has 0 aromatic heterocycles. The predicted octanol–water partition coefficient (Wildman–Crippen LogP) is 0.610. The van der Waals surface area contributed by atoms with Gasteiger partial charge in [0.25, 0.3) is 0 Å². The molecule has 1 unspecified atom stereocenters. The Hall–Kier alpha value is -2.41. The number of carboxylic acid groups (broad SMARTS) is 1. The monoisotopic (exact) mass is 291 g/mol. The van der Waals surface area contributed by atoms with Crippen molar-refractivity contribution in [1.82, 2.24) is 10.6 Å². The number of ether oxygens (including phenoxy) is 1. The summed E-state index contributed by atoms with van der Waals surface area (Å²) in [5.74, 6) is -0.424. The highest BCUT2D eigenvalue weighted by atomic mass is 16.5. The minimum Gasteiger partial charge on any atom is -0.465 e. The Kier molecular flexibility index (Phi) is 4.89. The molecule has 112 valence electrons. The Bertz CT molecular complexity index is 561. The number of allylic oxidation sites excluding steroid dienone is 3. The molecule has 1 aliphatic carbocycles. The molecule has 2 aliphatic rings. The van der Waals surface area contributed by atoms with Crippen LogP contribution in [0.5, 0.6) is 0 Å². The number of carbonyl (C=O) groups excluding carboxylic acids is 1. The van der Waals surface area contributed by atoms with Crippen molar-refractivity contribution in [3.05, 3.63) is 35.6 Å². The Morgan fingerprint density at radius 2 is 2.29 bits per heavy atom. The summed E-state index contributed by atoms with van der Waals surface area (Å²) < 4.78 is 4.84. The van der Waals surface area contributed by atoms with Crippen LogP contribution in [0.15, 0.2) is 40.6 Å². The highest BCUT2D eigenvalue weighted by Crippen LogP contribution is 2.21. The molecular weight excluding hydrogens is 274 g/mol. The van der Waals surface area contributed by atoms with Gasteiger partial charge in [-0.1, -0.05) is 12.2 Å². The van der Waals surface area contributed by atoms with E-state index in [1.54, 1.807) is 6.20 Å². The number of amides is 2. The van der Waals surface area contributed by atoms with E-state index >= 15 is 0 Å². The van der Waals surface area contributed by atoms with Crippen LogP contribution in [-0.2, 0) is 9.53 Å². The topological polar surface area (TPSA) is 100 Å². The van der Waals surface area contributed by atoms with Crippen molar-refractivity contribution in [2.75, 3.05) is 20.3 Å².